The van der Waals surface area contributed by atoms with Crippen LogP contribution >= 0.6 is 0 Å². The number of carbonyl (C=O) groups excluding carboxylic acids is 2. The van der Waals surface area contributed by atoms with Gasteiger partial charge in [-0.15, -0.1) is 0 Å². The van der Waals surface area contributed by atoms with Crippen LogP contribution in [0.3, 0.4) is 0 Å². The zero-order chi connectivity index (χ0) is 33.0. The van der Waals surface area contributed by atoms with Crippen LogP contribution in [0.1, 0.15) is 19.3 Å². The summed E-state index contributed by atoms with van der Waals surface area (Å²) in [5.41, 5.74) is 0. The van der Waals surface area contributed by atoms with E-state index in [4.69, 9.17) is 33.2 Å². The normalized spacial score (nSPS) is 42.3. The predicted octanol–water partition coefficient (Wildman–Crippen LogP) is -4.29. The topological polar surface area (TPSA) is 244 Å². The minimum atomic E-state index is -1.75. The van der Waals surface area contributed by atoms with Gasteiger partial charge in [0.15, 0.2) is 12.6 Å². The number of hydrogen-bond donors (Lipinski definition) is 7. The number of aliphatic hydroxyl groups is 7. The first-order valence-corrected chi connectivity index (χ1v) is 16.0. The Kier molecular flexibility index (Phi) is 12.7. The second-order valence-electron chi connectivity index (χ2n) is 12.4. The van der Waals surface area contributed by atoms with E-state index in [1.807, 2.05) is 0 Å². The molecule has 7 N–H and O–H groups in total. The zero-order valence-electron chi connectivity index (χ0n) is 25.5. The molecule has 2 bridgehead atoms. The number of carbonyl (C=O) groups is 2. The lowest BCUT2D eigenvalue weighted by molar-refractivity contribution is -0.359. The lowest BCUT2D eigenvalue weighted by Crippen LogP contribution is -2.64. The number of likely N-dealkylation sites (tertiary alicyclic amines) is 1. The van der Waals surface area contributed by atoms with Crippen molar-refractivity contribution in [2.45, 2.75) is 80.7 Å². The van der Waals surface area contributed by atoms with Crippen molar-refractivity contribution in [3.05, 3.63) is 0 Å². The summed E-state index contributed by atoms with van der Waals surface area (Å²) >= 11 is 0. The van der Waals surface area contributed by atoms with Crippen LogP contribution in [0.4, 0.5) is 0 Å². The smallest absolute Gasteiger partial charge is 0.233 e. The number of hydrogen-bond acceptors (Lipinski definition) is 16. The molecule has 14 atom stereocenters. The molecule has 0 aromatic heterocycles. The van der Waals surface area contributed by atoms with Crippen LogP contribution in [0.15, 0.2) is 0 Å². The molecule has 17 nitrogen and oxygen atoms in total. The van der Waals surface area contributed by atoms with E-state index in [0.717, 1.165) is 19.3 Å². The van der Waals surface area contributed by atoms with Crippen molar-refractivity contribution < 1.29 is 78.5 Å². The number of amides is 2. The maximum absolute atomic E-state index is 12.7. The van der Waals surface area contributed by atoms with Crippen LogP contribution < -0.4 is 0 Å². The Labute approximate surface area is 265 Å². The molecule has 264 valence electrons. The first-order valence-electron chi connectivity index (χ1n) is 16.0. The minimum absolute atomic E-state index is 0.0366. The van der Waals surface area contributed by atoms with Crippen molar-refractivity contribution in [2.24, 2.45) is 23.7 Å². The van der Waals surface area contributed by atoms with Crippen LogP contribution in [0.2, 0.25) is 0 Å². The maximum Gasteiger partial charge on any atom is 0.233 e. The van der Waals surface area contributed by atoms with Gasteiger partial charge < -0.3 is 68.9 Å². The molecule has 3 aliphatic heterocycles. The molecule has 0 aromatic rings. The van der Waals surface area contributed by atoms with E-state index in [0.29, 0.717) is 25.0 Å². The highest BCUT2D eigenvalue weighted by Crippen LogP contribution is 2.56. The molecule has 5 aliphatic rings. The summed E-state index contributed by atoms with van der Waals surface area (Å²) in [5.74, 6) is 0.405. The fourth-order valence-corrected chi connectivity index (χ4v) is 7.30. The van der Waals surface area contributed by atoms with Gasteiger partial charge in [-0.25, -0.2) is 0 Å². The monoisotopic (exact) mass is 665 g/mol. The van der Waals surface area contributed by atoms with Crippen LogP contribution in [0.5, 0.6) is 0 Å². The average molecular weight is 666 g/mol. The predicted molar refractivity (Wildman–Crippen MR) is 149 cm³/mol. The molecule has 2 saturated carbocycles. The van der Waals surface area contributed by atoms with Crippen LogP contribution in [0, 0.1) is 23.7 Å². The van der Waals surface area contributed by atoms with E-state index in [2.05, 4.69) is 0 Å². The second kappa shape index (κ2) is 16.3. The lowest BCUT2D eigenvalue weighted by atomic mass is 9.81. The summed E-state index contributed by atoms with van der Waals surface area (Å²) in [4.78, 5) is 26.8. The van der Waals surface area contributed by atoms with Gasteiger partial charge in [-0.05, 0) is 31.1 Å². The maximum atomic E-state index is 12.7. The molecule has 0 unspecified atom stereocenters. The number of ether oxygens (including phenoxy) is 7. The Morgan fingerprint density at radius 1 is 0.630 bits per heavy atom. The van der Waals surface area contributed by atoms with Crippen molar-refractivity contribution in [3.63, 3.8) is 0 Å². The van der Waals surface area contributed by atoms with Gasteiger partial charge >= 0.3 is 0 Å². The lowest BCUT2D eigenvalue weighted by Gasteiger charge is -2.45. The van der Waals surface area contributed by atoms with Gasteiger partial charge in [0.25, 0.3) is 0 Å². The van der Waals surface area contributed by atoms with Gasteiger partial charge in [-0.3, -0.25) is 14.5 Å². The largest absolute Gasteiger partial charge is 0.394 e. The van der Waals surface area contributed by atoms with Gasteiger partial charge in [0, 0.05) is 0 Å². The fourth-order valence-electron chi connectivity index (χ4n) is 7.30. The van der Waals surface area contributed by atoms with Crippen LogP contribution in [0.25, 0.3) is 0 Å². The quantitative estimate of drug-likeness (QED) is 0.0574. The Morgan fingerprint density at radius 2 is 1.15 bits per heavy atom. The number of aliphatic hydroxyl groups excluding tert-OH is 7. The third-order valence-electron chi connectivity index (χ3n) is 9.69. The Morgan fingerprint density at radius 3 is 1.74 bits per heavy atom. The standard InChI is InChI=1S/C29H47NO16/c31-12-16-20(33)21(34)23(36)29(44-16)46-25-17(13-32)45-28(24(37)22(25)35)43-10-9-42-8-7-41-6-5-40-4-3-30-26(38)18-14-1-2-15(11-14)19(18)27(30)39/h14-25,28-29,31-37H,1-13H2/t14-,15+,16-,17-,18+,19-,20+,21+,22-,23-,24-,25-,28-,29+/m1/s1. The summed E-state index contributed by atoms with van der Waals surface area (Å²) < 4.78 is 38.2. The van der Waals surface area contributed by atoms with E-state index in [9.17, 15) is 45.3 Å². The van der Waals surface area contributed by atoms with Crippen molar-refractivity contribution in [1.82, 2.24) is 4.90 Å². The Hall–Kier alpha value is -1.42. The molecule has 3 saturated heterocycles. The molecule has 17 heteroatoms. The van der Waals surface area contributed by atoms with Gasteiger partial charge in [-0.1, -0.05) is 0 Å². The molecule has 46 heavy (non-hydrogen) atoms. The first kappa shape index (κ1) is 35.9. The van der Waals surface area contributed by atoms with E-state index < -0.39 is 74.6 Å². The summed E-state index contributed by atoms with van der Waals surface area (Å²) in [5, 5.41) is 70.4. The van der Waals surface area contributed by atoms with Crippen molar-refractivity contribution in [1.29, 1.82) is 0 Å². The zero-order valence-corrected chi connectivity index (χ0v) is 25.5. The minimum Gasteiger partial charge on any atom is -0.394 e. The molecule has 5 rings (SSSR count). The SMILES string of the molecule is O=C1[C@@H]2[C@H]3CC[C@H](C3)[C@@H]2C(=O)N1CCOCCOCCOCCO[C@@H]1O[C@H](CO)[C@@H](O[C@@H]2O[C@H](CO)[C@H](O)[C@H](O)[C@H]2O)[C@H](O)[C@H]1O. The molecule has 5 fully saturated rings. The van der Waals surface area contributed by atoms with E-state index in [-0.39, 0.29) is 63.2 Å². The van der Waals surface area contributed by atoms with E-state index >= 15 is 0 Å². The summed E-state index contributed by atoms with van der Waals surface area (Å²) in [6, 6.07) is 0. The Balaban J connectivity index is 0.905. The number of nitrogens with zero attached hydrogens (tertiary/aromatic N) is 1. The summed E-state index contributed by atoms with van der Waals surface area (Å²) in [7, 11) is 0. The van der Waals surface area contributed by atoms with E-state index in [1.54, 1.807) is 0 Å². The van der Waals surface area contributed by atoms with Crippen LogP contribution in [-0.4, -0.2) is 180 Å². The molecule has 3 heterocycles. The third kappa shape index (κ3) is 7.58. The Bertz CT molecular complexity index is 974. The second-order valence-corrected chi connectivity index (χ2v) is 12.4. The molecule has 0 spiro atoms. The van der Waals surface area contributed by atoms with Crippen molar-refractivity contribution >= 4 is 11.8 Å². The summed E-state index contributed by atoms with van der Waals surface area (Å²) in [6.07, 6.45) is -12.1. The molecule has 2 aliphatic carbocycles. The highest BCUT2D eigenvalue weighted by atomic mass is 16.7. The van der Waals surface area contributed by atoms with E-state index in [1.165, 1.54) is 4.90 Å². The van der Waals surface area contributed by atoms with Crippen LogP contribution in [-0.2, 0) is 42.7 Å². The van der Waals surface area contributed by atoms with Gasteiger partial charge in [0.2, 0.25) is 11.8 Å². The molecular weight excluding hydrogens is 618 g/mol. The third-order valence-corrected chi connectivity index (χ3v) is 9.69. The average Bonchev–Trinajstić information content (AvgIpc) is 3.74. The molecule has 0 aromatic carbocycles. The molecule has 2 amide bonds. The summed E-state index contributed by atoms with van der Waals surface area (Å²) in [6.45, 7) is 0.311. The highest BCUT2D eigenvalue weighted by molar-refractivity contribution is 6.06. The number of fused-ring (bicyclic) bond motifs is 5. The number of rotatable bonds is 17. The highest BCUT2D eigenvalue weighted by Gasteiger charge is 2.60. The number of imide groups is 1. The van der Waals surface area contributed by atoms with Crippen molar-refractivity contribution in [2.75, 3.05) is 66.0 Å². The van der Waals surface area contributed by atoms with Crippen molar-refractivity contribution in [3.8, 4) is 0 Å². The first-order chi connectivity index (χ1) is 22.2. The van der Waals surface area contributed by atoms with Gasteiger partial charge in [-0.2, -0.15) is 0 Å². The molecular formula is C29H47NO16. The van der Waals surface area contributed by atoms with Gasteiger partial charge in [0.1, 0.15) is 48.8 Å². The fraction of sp³-hybridized carbons (Fsp3) is 0.931. The van der Waals surface area contributed by atoms with Gasteiger partial charge in [0.05, 0.1) is 77.8 Å². The molecule has 0 radical (unpaired) electrons.